The zero-order valence-electron chi connectivity index (χ0n) is 11.9. The third-order valence-corrected chi connectivity index (χ3v) is 3.20. The van der Waals surface area contributed by atoms with E-state index in [-0.39, 0.29) is 0 Å². The lowest BCUT2D eigenvalue weighted by Gasteiger charge is -2.31. The second-order valence-corrected chi connectivity index (χ2v) is 4.80. The van der Waals surface area contributed by atoms with Gasteiger partial charge in [-0.05, 0) is 42.5 Å². The van der Waals surface area contributed by atoms with Crippen LogP contribution in [-0.2, 0) is 0 Å². The fourth-order valence-corrected chi connectivity index (χ4v) is 2.09. The van der Waals surface area contributed by atoms with Crippen LogP contribution in [-0.4, -0.2) is 0 Å². The summed E-state index contributed by atoms with van der Waals surface area (Å²) in [7, 11) is 0. The quantitative estimate of drug-likeness (QED) is 0.665. The molecule has 22 heavy (non-hydrogen) atoms. The molecular weight excluding hydrogens is 274 g/mol. The number of hydrogen-bond donors (Lipinski definition) is 2. The van der Waals surface area contributed by atoms with Gasteiger partial charge in [0.1, 0.15) is 0 Å². The molecule has 0 bridgehead atoms. The van der Waals surface area contributed by atoms with Crippen LogP contribution in [0.15, 0.2) is 84.9 Å². The van der Waals surface area contributed by atoms with Gasteiger partial charge in [0.2, 0.25) is 0 Å². The highest BCUT2D eigenvalue weighted by Gasteiger charge is 2.00. The highest BCUT2D eigenvalue weighted by atomic mass is 16.5. The first kappa shape index (κ1) is 14.0. The smallest absolute Gasteiger partial charge is 0.0560 e. The van der Waals surface area contributed by atoms with Gasteiger partial charge < -0.3 is 21.1 Å². The predicted molar refractivity (Wildman–Crippen MR) is 92.1 cm³/mol. The van der Waals surface area contributed by atoms with E-state index >= 15 is 0 Å². The maximum Gasteiger partial charge on any atom is 0.0560 e. The molecule has 3 aromatic rings. The highest BCUT2D eigenvalue weighted by molar-refractivity contribution is 5.68. The molecule has 0 saturated heterocycles. The Morgan fingerprint density at radius 1 is 0.591 bits per heavy atom. The molecule has 0 spiro atoms. The van der Waals surface area contributed by atoms with Gasteiger partial charge in [0.05, 0.1) is 11.4 Å². The summed E-state index contributed by atoms with van der Waals surface area (Å²) in [6.45, 7) is 0. The summed E-state index contributed by atoms with van der Waals surface area (Å²) < 4.78 is 0. The fourth-order valence-electron chi connectivity index (χ4n) is 2.09. The van der Waals surface area contributed by atoms with Gasteiger partial charge in [0, 0.05) is 11.4 Å². The van der Waals surface area contributed by atoms with Crippen LogP contribution in [0.4, 0.5) is 22.7 Å². The molecule has 0 amide bonds. The van der Waals surface area contributed by atoms with E-state index < -0.39 is 0 Å². The minimum atomic E-state index is 0.575. The molecule has 110 valence electrons. The van der Waals surface area contributed by atoms with Gasteiger partial charge in [-0.1, -0.05) is 42.5 Å². The Balaban J connectivity index is 1.72. The van der Waals surface area contributed by atoms with E-state index in [1.165, 1.54) is 0 Å². The second kappa shape index (κ2) is 6.65. The van der Waals surface area contributed by atoms with Crippen molar-refractivity contribution < 1.29 is 0 Å². The number of para-hydroxylation sites is 2. The highest BCUT2D eigenvalue weighted by Crippen LogP contribution is 2.26. The van der Waals surface area contributed by atoms with Crippen molar-refractivity contribution in [1.82, 2.24) is 0 Å². The van der Waals surface area contributed by atoms with Crippen LogP contribution < -0.4 is 15.9 Å². The molecule has 4 nitrogen and oxygen atoms in total. The molecule has 0 fully saturated rings. The van der Waals surface area contributed by atoms with E-state index in [4.69, 9.17) is 0 Å². The number of hydrogen-bond acceptors (Lipinski definition) is 4. The summed E-state index contributed by atoms with van der Waals surface area (Å²) in [6, 6.07) is 26.3. The van der Waals surface area contributed by atoms with Crippen molar-refractivity contribution in [3.05, 3.63) is 90.1 Å². The maximum absolute atomic E-state index is 12.3. The Kier molecular flexibility index (Phi) is 4.22. The lowest BCUT2D eigenvalue weighted by molar-refractivity contribution is 1.29. The molecule has 3 rings (SSSR count). The number of hydrazine groups is 1. The minimum Gasteiger partial charge on any atom is -0.754 e. The molecule has 0 atom stereocenters. The average Bonchev–Trinajstić information content (AvgIpc) is 2.61. The molecule has 0 saturated carbocycles. The van der Waals surface area contributed by atoms with E-state index in [9.17, 15) is 5.21 Å². The average molecular weight is 290 g/mol. The van der Waals surface area contributed by atoms with Crippen LogP contribution in [0.3, 0.4) is 0 Å². The topological polar surface area (TPSA) is 50.4 Å². The third-order valence-electron chi connectivity index (χ3n) is 3.20. The molecule has 0 aliphatic heterocycles. The largest absolute Gasteiger partial charge is 0.754 e. The number of benzene rings is 3. The zero-order chi connectivity index (χ0) is 15.2. The standard InChI is InChI=1S/C18H16N3O/c22-21(17-11-5-2-6-12-17)18-13-7-10-16(14-18)20-19-15-8-3-1-4-9-15/h1-14,19-20H/q-1. The second-order valence-electron chi connectivity index (χ2n) is 4.80. The number of nitrogens with one attached hydrogen (secondary N) is 2. The Labute approximate surface area is 129 Å². The molecule has 2 N–H and O–H groups in total. The normalized spacial score (nSPS) is 10.0. The minimum absolute atomic E-state index is 0.575. The first-order valence-corrected chi connectivity index (χ1v) is 7.02. The van der Waals surface area contributed by atoms with Gasteiger partial charge >= 0.3 is 0 Å². The first-order chi connectivity index (χ1) is 10.8. The van der Waals surface area contributed by atoms with Crippen molar-refractivity contribution in [1.29, 1.82) is 0 Å². The fraction of sp³-hybridized carbons (Fsp3) is 0. The molecule has 3 aromatic carbocycles. The summed E-state index contributed by atoms with van der Waals surface area (Å²) in [4.78, 5) is 0. The van der Waals surface area contributed by atoms with Crippen molar-refractivity contribution in [2.75, 3.05) is 15.9 Å². The van der Waals surface area contributed by atoms with Gasteiger partial charge in [-0.2, -0.15) is 0 Å². The summed E-state index contributed by atoms with van der Waals surface area (Å²) in [5, 5.41) is 13.3. The van der Waals surface area contributed by atoms with Crippen LogP contribution in [0.2, 0.25) is 0 Å². The number of nitrogens with zero attached hydrogens (tertiary/aromatic N) is 1. The van der Waals surface area contributed by atoms with Gasteiger partial charge in [0.25, 0.3) is 0 Å². The van der Waals surface area contributed by atoms with Gasteiger partial charge in [0.15, 0.2) is 0 Å². The molecule has 0 aliphatic carbocycles. The van der Waals surface area contributed by atoms with Crippen LogP contribution >= 0.6 is 0 Å². The maximum atomic E-state index is 12.3. The van der Waals surface area contributed by atoms with Crippen molar-refractivity contribution in [3.8, 4) is 0 Å². The zero-order valence-corrected chi connectivity index (χ0v) is 11.9. The Morgan fingerprint density at radius 2 is 1.14 bits per heavy atom. The predicted octanol–water partition coefficient (Wildman–Crippen LogP) is 4.76. The lowest BCUT2D eigenvalue weighted by atomic mass is 10.2. The molecule has 0 aromatic heterocycles. The number of rotatable bonds is 5. The van der Waals surface area contributed by atoms with Crippen LogP contribution in [0.5, 0.6) is 0 Å². The SMILES string of the molecule is [O-]N(c1ccccc1)c1cccc(NNc2ccccc2)c1. The van der Waals surface area contributed by atoms with Crippen molar-refractivity contribution >= 4 is 22.7 Å². The summed E-state index contributed by atoms with van der Waals surface area (Å²) in [6.07, 6.45) is 0. The Hall–Kier alpha value is -2.98. The van der Waals surface area contributed by atoms with Crippen LogP contribution in [0.25, 0.3) is 0 Å². The molecular formula is C18H16N3O-. The lowest BCUT2D eigenvalue weighted by Crippen LogP contribution is -2.10. The monoisotopic (exact) mass is 290 g/mol. The molecule has 0 aliphatic rings. The molecule has 0 unspecified atom stereocenters. The van der Waals surface area contributed by atoms with E-state index in [0.29, 0.717) is 11.4 Å². The Bertz CT molecular complexity index is 717. The van der Waals surface area contributed by atoms with E-state index in [1.807, 2.05) is 60.7 Å². The van der Waals surface area contributed by atoms with Crippen molar-refractivity contribution in [2.45, 2.75) is 0 Å². The van der Waals surface area contributed by atoms with Gasteiger partial charge in [-0.3, -0.25) is 0 Å². The van der Waals surface area contributed by atoms with E-state index in [2.05, 4.69) is 10.9 Å². The molecule has 0 radical (unpaired) electrons. The first-order valence-electron chi connectivity index (χ1n) is 7.02. The third kappa shape index (κ3) is 3.37. The Morgan fingerprint density at radius 3 is 1.86 bits per heavy atom. The summed E-state index contributed by atoms with van der Waals surface area (Å²) in [5.74, 6) is 0. The van der Waals surface area contributed by atoms with Gasteiger partial charge in [-0.15, -0.1) is 0 Å². The summed E-state index contributed by atoms with van der Waals surface area (Å²) >= 11 is 0. The van der Waals surface area contributed by atoms with Crippen molar-refractivity contribution in [3.63, 3.8) is 0 Å². The van der Waals surface area contributed by atoms with E-state index in [0.717, 1.165) is 16.4 Å². The summed E-state index contributed by atoms with van der Waals surface area (Å²) in [5.41, 5.74) is 9.14. The van der Waals surface area contributed by atoms with Crippen molar-refractivity contribution in [2.24, 2.45) is 0 Å². The molecule has 4 heteroatoms. The molecule has 0 heterocycles. The van der Waals surface area contributed by atoms with Crippen LogP contribution in [0, 0.1) is 5.21 Å². The van der Waals surface area contributed by atoms with Gasteiger partial charge in [-0.25, -0.2) is 0 Å². The van der Waals surface area contributed by atoms with Crippen LogP contribution in [0.1, 0.15) is 0 Å². The number of anilines is 4. The van der Waals surface area contributed by atoms with E-state index in [1.54, 1.807) is 24.3 Å².